The van der Waals surface area contributed by atoms with E-state index >= 15 is 0 Å². The SMILES string of the molecule is CC(c1oc(=O)c2ccccc2c1-c1cccc(S2([N+](=O)[O-])CCOCC2)c1)n1ncc2c(N)ncnc21. The van der Waals surface area contributed by atoms with Gasteiger partial charge >= 0.3 is 5.63 Å². The monoisotopic (exact) mass is 532 g/mol. The molecule has 11 nitrogen and oxygen atoms in total. The van der Waals surface area contributed by atoms with Crippen molar-refractivity contribution < 1.29 is 13.5 Å². The largest absolute Gasteiger partial charge is 0.424 e. The Balaban J connectivity index is 1.60. The van der Waals surface area contributed by atoms with Gasteiger partial charge < -0.3 is 14.9 Å². The Morgan fingerprint density at radius 1 is 1.08 bits per heavy atom. The number of hydrogen-bond donors (Lipinski definition) is 1. The molecule has 0 spiro atoms. The van der Waals surface area contributed by atoms with Crippen LogP contribution in [0.1, 0.15) is 18.7 Å². The fraction of sp³-hybridized carbons (Fsp3) is 0.231. The Hall–Kier alpha value is -4.29. The lowest BCUT2D eigenvalue weighted by molar-refractivity contribution is -0.298. The van der Waals surface area contributed by atoms with Crippen molar-refractivity contribution >= 4 is 37.8 Å². The number of hydrogen-bond acceptors (Lipinski definition) is 9. The molecule has 1 atom stereocenters. The summed E-state index contributed by atoms with van der Waals surface area (Å²) in [7, 11) is -2.34. The molecular weight excluding hydrogens is 508 g/mol. The maximum atomic E-state index is 13.1. The van der Waals surface area contributed by atoms with E-state index in [1.807, 2.05) is 43.3 Å². The van der Waals surface area contributed by atoms with Gasteiger partial charge in [0.25, 0.3) is 0 Å². The van der Waals surface area contributed by atoms with Gasteiger partial charge in [-0.25, -0.2) is 19.4 Å². The zero-order valence-electron chi connectivity index (χ0n) is 20.4. The van der Waals surface area contributed by atoms with Gasteiger partial charge in [0.15, 0.2) is 5.65 Å². The van der Waals surface area contributed by atoms with E-state index in [4.69, 9.17) is 14.9 Å². The van der Waals surface area contributed by atoms with E-state index in [1.165, 1.54) is 6.33 Å². The van der Waals surface area contributed by atoms with Crippen molar-refractivity contribution in [2.45, 2.75) is 17.9 Å². The first-order chi connectivity index (χ1) is 18.4. The number of benzene rings is 2. The van der Waals surface area contributed by atoms with E-state index in [1.54, 1.807) is 23.0 Å². The Morgan fingerprint density at radius 2 is 1.84 bits per heavy atom. The minimum absolute atomic E-state index is 0.124. The molecule has 5 aromatic rings. The number of aromatic nitrogens is 4. The Kier molecular flexibility index (Phi) is 5.84. The van der Waals surface area contributed by atoms with Gasteiger partial charge in [-0.15, -0.1) is 0 Å². The van der Waals surface area contributed by atoms with Crippen LogP contribution in [-0.2, 0) is 4.74 Å². The van der Waals surface area contributed by atoms with Gasteiger partial charge in [0, 0.05) is 10.9 Å². The van der Waals surface area contributed by atoms with Crippen molar-refractivity contribution in [2.75, 3.05) is 30.5 Å². The first-order valence-electron chi connectivity index (χ1n) is 12.0. The molecule has 1 fully saturated rings. The molecule has 12 heteroatoms. The van der Waals surface area contributed by atoms with Gasteiger partial charge in [0.2, 0.25) is 0 Å². The average molecular weight is 533 g/mol. The van der Waals surface area contributed by atoms with Crippen LogP contribution in [0.3, 0.4) is 0 Å². The predicted octanol–water partition coefficient (Wildman–Crippen LogP) is 4.18. The van der Waals surface area contributed by atoms with Crippen molar-refractivity contribution in [1.29, 1.82) is 0 Å². The highest BCUT2D eigenvalue weighted by molar-refractivity contribution is 8.28. The van der Waals surface area contributed by atoms with Crippen molar-refractivity contribution in [3.05, 3.63) is 87.3 Å². The molecule has 0 saturated carbocycles. The second-order valence-electron chi connectivity index (χ2n) is 9.05. The smallest absolute Gasteiger partial charge is 0.343 e. The minimum atomic E-state index is -2.34. The van der Waals surface area contributed by atoms with Crippen molar-refractivity contribution in [1.82, 2.24) is 19.7 Å². The van der Waals surface area contributed by atoms with E-state index in [-0.39, 0.29) is 4.33 Å². The third-order valence-corrected chi connectivity index (χ3v) is 10.4. The summed E-state index contributed by atoms with van der Waals surface area (Å²) in [4.78, 5) is 34.5. The molecule has 2 aromatic carbocycles. The van der Waals surface area contributed by atoms with Gasteiger partial charge in [0.05, 0.1) is 61.1 Å². The zero-order valence-corrected chi connectivity index (χ0v) is 21.3. The van der Waals surface area contributed by atoms with E-state index in [9.17, 15) is 14.9 Å². The highest BCUT2D eigenvalue weighted by Crippen LogP contribution is 2.57. The predicted molar refractivity (Wildman–Crippen MR) is 145 cm³/mol. The molecule has 0 amide bonds. The topological polar surface area (TPSA) is 152 Å². The number of nitrogens with two attached hydrogens (primary N) is 1. The summed E-state index contributed by atoms with van der Waals surface area (Å²) in [6.45, 7) is 2.56. The van der Waals surface area contributed by atoms with Crippen LogP contribution in [0.2, 0.25) is 0 Å². The van der Waals surface area contributed by atoms with Crippen molar-refractivity contribution in [3.8, 4) is 11.1 Å². The van der Waals surface area contributed by atoms with Gasteiger partial charge in [-0.3, -0.25) is 10.1 Å². The lowest BCUT2D eigenvalue weighted by atomic mass is 9.96. The summed E-state index contributed by atoms with van der Waals surface area (Å²) < 4.78 is 12.9. The molecule has 1 aliphatic rings. The molecule has 1 aliphatic heterocycles. The van der Waals surface area contributed by atoms with Crippen molar-refractivity contribution in [3.63, 3.8) is 0 Å². The lowest BCUT2D eigenvalue weighted by Crippen LogP contribution is -2.29. The first-order valence-corrected chi connectivity index (χ1v) is 13.9. The van der Waals surface area contributed by atoms with E-state index in [2.05, 4.69) is 15.1 Å². The van der Waals surface area contributed by atoms with Gasteiger partial charge in [-0.1, -0.05) is 30.3 Å². The van der Waals surface area contributed by atoms with E-state index < -0.39 is 21.9 Å². The summed E-state index contributed by atoms with van der Waals surface area (Å²) in [5.74, 6) is 1.38. The molecule has 0 bridgehead atoms. The normalized spacial score (nSPS) is 16.9. The van der Waals surface area contributed by atoms with E-state index in [0.717, 1.165) is 5.56 Å². The molecule has 4 heterocycles. The van der Waals surface area contributed by atoms with Crippen LogP contribution >= 0.6 is 10.2 Å². The number of ether oxygens (including phenoxy) is 1. The van der Waals surface area contributed by atoms with Crippen LogP contribution in [0, 0.1) is 10.1 Å². The molecule has 194 valence electrons. The molecule has 0 radical (unpaired) electrons. The second kappa shape index (κ2) is 9.23. The summed E-state index contributed by atoms with van der Waals surface area (Å²) in [5, 5.41) is 18.5. The van der Waals surface area contributed by atoms with Crippen LogP contribution in [0.25, 0.3) is 32.9 Å². The number of nitro groups is 1. The average Bonchev–Trinajstić information content (AvgIpc) is 3.38. The van der Waals surface area contributed by atoms with E-state index in [0.29, 0.717) is 68.6 Å². The fourth-order valence-electron chi connectivity index (χ4n) is 5.04. The second-order valence-corrected chi connectivity index (χ2v) is 12.3. The minimum Gasteiger partial charge on any atom is -0.424 e. The molecule has 1 saturated heterocycles. The molecule has 0 aliphatic carbocycles. The van der Waals surface area contributed by atoms with Crippen molar-refractivity contribution in [2.24, 2.45) is 0 Å². The Morgan fingerprint density at radius 3 is 2.61 bits per heavy atom. The summed E-state index contributed by atoms with van der Waals surface area (Å²) >= 11 is 0. The van der Waals surface area contributed by atoms with Gasteiger partial charge in [-0.05, 0) is 30.7 Å². The molecular formula is C26H24N6O5S. The van der Waals surface area contributed by atoms with Gasteiger partial charge in [0.1, 0.15) is 23.9 Å². The summed E-state index contributed by atoms with van der Waals surface area (Å²) in [6, 6.07) is 14.0. The number of anilines is 1. The molecule has 6 rings (SSSR count). The lowest BCUT2D eigenvalue weighted by Gasteiger charge is -2.34. The summed E-state index contributed by atoms with van der Waals surface area (Å²) in [6.07, 6.45) is 2.94. The standard InChI is InChI=1S/C26H24N6O5S/c1-16(31-25-21(14-30-31)24(27)28-15-29-25)23-22(19-7-2-3-8-20(19)26(33)37-23)17-5-4-6-18(13-17)38(32(34)35)11-9-36-10-12-38/h2-8,13-16H,9-12H2,1H3,(H2,27,28,29). The zero-order chi connectivity index (χ0) is 26.4. The molecule has 3 aromatic heterocycles. The Labute approximate surface area is 217 Å². The number of nitrogens with zero attached hydrogens (tertiary/aromatic N) is 5. The highest BCUT2D eigenvalue weighted by atomic mass is 32.3. The van der Waals surface area contributed by atoms with Crippen LogP contribution < -0.4 is 11.4 Å². The summed E-state index contributed by atoms with van der Waals surface area (Å²) in [5.41, 5.74) is 7.42. The maximum Gasteiger partial charge on any atom is 0.343 e. The third kappa shape index (κ3) is 3.72. The van der Waals surface area contributed by atoms with Crippen LogP contribution in [0.5, 0.6) is 0 Å². The van der Waals surface area contributed by atoms with Crippen LogP contribution in [0.4, 0.5) is 5.82 Å². The molecule has 1 unspecified atom stereocenters. The maximum absolute atomic E-state index is 13.1. The third-order valence-electron chi connectivity index (χ3n) is 7.01. The number of nitrogen functional groups attached to an aromatic ring is 1. The molecule has 38 heavy (non-hydrogen) atoms. The number of fused-ring (bicyclic) bond motifs is 2. The van der Waals surface area contributed by atoms with Crippen LogP contribution in [0.15, 0.2) is 75.2 Å². The molecule has 2 N–H and O–H groups in total. The fourth-order valence-corrected chi connectivity index (χ4v) is 7.65. The van der Waals surface area contributed by atoms with Gasteiger partial charge in [-0.2, -0.15) is 5.10 Å². The first kappa shape index (κ1) is 24.1. The number of rotatable bonds is 5. The highest BCUT2D eigenvalue weighted by Gasteiger charge is 2.41. The Bertz CT molecular complexity index is 1760. The van der Waals surface area contributed by atoms with Crippen LogP contribution in [-0.4, -0.2) is 48.8 Å². The quantitative estimate of drug-likeness (QED) is 0.259.